The van der Waals surface area contributed by atoms with Crippen LogP contribution in [0.2, 0.25) is 0 Å². The second-order valence-electron chi connectivity index (χ2n) is 17.6. The quantitative estimate of drug-likeness (QED) is 0.100. The van der Waals surface area contributed by atoms with E-state index in [-0.39, 0.29) is 21.7 Å². The summed E-state index contributed by atoms with van der Waals surface area (Å²) >= 11 is 1.75. The second kappa shape index (κ2) is 18.5. The van der Waals surface area contributed by atoms with Gasteiger partial charge in [-0.2, -0.15) is 0 Å². The summed E-state index contributed by atoms with van der Waals surface area (Å²) in [6.07, 6.45) is 18.7. The van der Waals surface area contributed by atoms with Gasteiger partial charge in [-0.1, -0.05) is 184 Å². The first kappa shape index (κ1) is 42.2. The maximum Gasteiger partial charge on any atom is 0.505 e. The molecule has 1 heterocycles. The Balaban J connectivity index is 2.31. The van der Waals surface area contributed by atoms with Crippen molar-refractivity contribution in [3.8, 4) is 11.5 Å². The molecule has 5 heteroatoms. The minimum atomic E-state index is -2.68. The molecule has 0 aliphatic carbocycles. The van der Waals surface area contributed by atoms with Crippen molar-refractivity contribution in [3.63, 3.8) is 0 Å². The Morgan fingerprint density at radius 3 is 1.10 bits per heavy atom. The summed E-state index contributed by atoms with van der Waals surface area (Å²) < 4.78 is 29.2. The number of benzene rings is 2. The predicted octanol–water partition coefficient (Wildman–Crippen LogP) is 16.2. The maximum absolute atomic E-state index is 16.4. The van der Waals surface area contributed by atoms with Crippen LogP contribution in [0.4, 0.5) is 4.20 Å². The SMILES string of the molecule is CCCCCC(C)(C)c1cc2c(c(C(C)(C)CCCCC)c1)OP(F)Oc1c(cc(C(C)(C)CCCCC)cc1C(C)(C)CCCCC)S2. The molecule has 0 aromatic heterocycles. The molecule has 1 aliphatic rings. The van der Waals surface area contributed by atoms with Crippen LogP contribution in [-0.4, -0.2) is 0 Å². The minimum absolute atomic E-state index is 0.00327. The largest absolute Gasteiger partial charge is 0.505 e. The molecule has 0 bridgehead atoms. The molecular weight excluding hydrogens is 643 g/mol. The maximum atomic E-state index is 16.4. The topological polar surface area (TPSA) is 18.5 Å². The van der Waals surface area contributed by atoms with Crippen molar-refractivity contribution in [1.82, 2.24) is 0 Å². The van der Waals surface area contributed by atoms with Crippen molar-refractivity contribution in [3.05, 3.63) is 46.5 Å². The summed E-state index contributed by atoms with van der Waals surface area (Å²) in [6.45, 7) is 27.9. The van der Waals surface area contributed by atoms with Crippen molar-refractivity contribution >= 4 is 20.4 Å². The van der Waals surface area contributed by atoms with Crippen LogP contribution in [0, 0.1) is 0 Å². The first-order chi connectivity index (χ1) is 23.0. The zero-order valence-electron chi connectivity index (χ0n) is 33.7. The third kappa shape index (κ3) is 11.4. The molecule has 0 fully saturated rings. The average Bonchev–Trinajstić information content (AvgIpc) is 3.01. The fourth-order valence-corrected chi connectivity index (χ4v) is 9.38. The number of halogens is 1. The molecular formula is C44H72FO2PS. The van der Waals surface area contributed by atoms with Gasteiger partial charge in [0.25, 0.3) is 0 Å². The number of fused-ring (bicyclic) bond motifs is 2. The zero-order chi connectivity index (χ0) is 36.5. The first-order valence-corrected chi connectivity index (χ1v) is 21.8. The molecule has 0 atom stereocenters. The number of hydrogen-bond acceptors (Lipinski definition) is 3. The monoisotopic (exact) mass is 714 g/mol. The molecule has 0 spiro atoms. The summed E-state index contributed by atoms with van der Waals surface area (Å²) in [5.74, 6) is 1.38. The minimum Gasteiger partial charge on any atom is -0.413 e. The first-order valence-electron chi connectivity index (χ1n) is 19.9. The van der Waals surface area contributed by atoms with Crippen LogP contribution in [0.3, 0.4) is 0 Å². The van der Waals surface area contributed by atoms with E-state index in [2.05, 4.69) is 107 Å². The van der Waals surface area contributed by atoms with E-state index < -0.39 is 8.69 Å². The molecule has 0 amide bonds. The van der Waals surface area contributed by atoms with E-state index in [1.54, 1.807) is 11.8 Å². The van der Waals surface area contributed by atoms with Crippen molar-refractivity contribution < 1.29 is 13.2 Å². The van der Waals surface area contributed by atoms with Gasteiger partial charge in [-0.05, 0) is 70.6 Å². The second-order valence-corrected chi connectivity index (χ2v) is 19.4. The summed E-state index contributed by atoms with van der Waals surface area (Å²) in [7, 11) is -2.68. The van der Waals surface area contributed by atoms with Crippen molar-refractivity contribution in [2.75, 3.05) is 0 Å². The van der Waals surface area contributed by atoms with Crippen LogP contribution in [0.5, 0.6) is 11.5 Å². The molecule has 0 saturated carbocycles. The van der Waals surface area contributed by atoms with Gasteiger partial charge in [0.05, 0.1) is 9.79 Å². The molecule has 1 aliphatic heterocycles. The van der Waals surface area contributed by atoms with E-state index >= 15 is 4.20 Å². The van der Waals surface area contributed by atoms with E-state index in [1.165, 1.54) is 75.3 Å². The van der Waals surface area contributed by atoms with Crippen LogP contribution >= 0.6 is 20.4 Å². The number of rotatable bonds is 20. The Morgan fingerprint density at radius 2 is 0.796 bits per heavy atom. The van der Waals surface area contributed by atoms with Crippen molar-refractivity contribution in [1.29, 1.82) is 0 Å². The van der Waals surface area contributed by atoms with Gasteiger partial charge in [-0.15, -0.1) is 4.20 Å². The van der Waals surface area contributed by atoms with Crippen molar-refractivity contribution in [2.45, 2.75) is 217 Å². The Labute approximate surface area is 307 Å². The lowest BCUT2D eigenvalue weighted by Crippen LogP contribution is -2.24. The third-order valence-corrected chi connectivity index (χ3v) is 13.0. The Morgan fingerprint density at radius 1 is 0.490 bits per heavy atom. The smallest absolute Gasteiger partial charge is 0.413 e. The van der Waals surface area contributed by atoms with Crippen LogP contribution in [0.15, 0.2) is 34.1 Å². The van der Waals surface area contributed by atoms with Gasteiger partial charge in [0, 0.05) is 11.1 Å². The third-order valence-electron chi connectivity index (χ3n) is 11.3. The summed E-state index contributed by atoms with van der Waals surface area (Å²) in [5, 5.41) is 0. The highest BCUT2D eigenvalue weighted by Crippen LogP contribution is 2.58. The van der Waals surface area contributed by atoms with Gasteiger partial charge in [0.15, 0.2) is 0 Å². The van der Waals surface area contributed by atoms with E-state index in [4.69, 9.17) is 9.05 Å². The molecule has 49 heavy (non-hydrogen) atoms. The molecule has 3 rings (SSSR count). The fraction of sp³-hybridized carbons (Fsp3) is 0.727. The Kier molecular flexibility index (Phi) is 15.9. The molecule has 0 radical (unpaired) electrons. The highest BCUT2D eigenvalue weighted by atomic mass is 32.2. The van der Waals surface area contributed by atoms with Crippen LogP contribution in [-0.2, 0) is 21.7 Å². The van der Waals surface area contributed by atoms with E-state index in [0.717, 1.165) is 59.4 Å². The Bertz CT molecular complexity index is 1230. The lowest BCUT2D eigenvalue weighted by molar-refractivity contribution is 0.383. The highest BCUT2D eigenvalue weighted by molar-refractivity contribution is 7.99. The zero-order valence-corrected chi connectivity index (χ0v) is 35.4. The lowest BCUT2D eigenvalue weighted by Gasteiger charge is -2.36. The van der Waals surface area contributed by atoms with Gasteiger partial charge in [-0.3, -0.25) is 0 Å². The fourth-order valence-electron chi connectivity index (χ4n) is 7.44. The molecule has 2 aromatic carbocycles. The lowest BCUT2D eigenvalue weighted by atomic mass is 9.74. The van der Waals surface area contributed by atoms with Gasteiger partial charge in [0.2, 0.25) is 0 Å². The molecule has 2 aromatic rings. The van der Waals surface area contributed by atoms with Crippen molar-refractivity contribution in [2.24, 2.45) is 0 Å². The number of unbranched alkanes of at least 4 members (excludes halogenated alkanes) is 8. The van der Waals surface area contributed by atoms with Gasteiger partial charge >= 0.3 is 8.69 Å². The molecule has 0 N–H and O–H groups in total. The number of hydrogen-bond donors (Lipinski definition) is 0. The van der Waals surface area contributed by atoms with E-state index in [9.17, 15) is 0 Å². The molecule has 0 saturated heterocycles. The van der Waals surface area contributed by atoms with Gasteiger partial charge < -0.3 is 9.05 Å². The summed E-state index contributed by atoms with van der Waals surface area (Å²) in [5.41, 5.74) is 4.58. The normalized spacial score (nSPS) is 14.5. The van der Waals surface area contributed by atoms with Crippen LogP contribution in [0.1, 0.15) is 208 Å². The van der Waals surface area contributed by atoms with E-state index in [1.807, 2.05) is 0 Å². The van der Waals surface area contributed by atoms with Crippen LogP contribution < -0.4 is 9.05 Å². The highest BCUT2D eigenvalue weighted by Gasteiger charge is 2.37. The summed E-state index contributed by atoms with van der Waals surface area (Å²) in [4.78, 5) is 2.06. The van der Waals surface area contributed by atoms with Gasteiger partial charge in [0.1, 0.15) is 11.5 Å². The average molecular weight is 715 g/mol. The molecule has 0 unspecified atom stereocenters. The molecule has 2 nitrogen and oxygen atoms in total. The van der Waals surface area contributed by atoms with Crippen LogP contribution in [0.25, 0.3) is 0 Å². The predicted molar refractivity (Wildman–Crippen MR) is 215 cm³/mol. The molecule has 278 valence electrons. The standard InChI is InChI=1S/C44H72FO2PS/c1-13-17-21-25-41(5,6)33-29-35(43(9,10)27-23-19-15-3)39-37(31-33)49-38-32-34(42(7,8)26-22-18-14-2)30-36(40(38)47-48(45)46-39)44(11,12)28-24-20-16-4/h29-32H,13-28H2,1-12H3. The van der Waals surface area contributed by atoms with Gasteiger partial charge in [-0.25, -0.2) is 0 Å². The summed E-state index contributed by atoms with van der Waals surface area (Å²) in [6, 6.07) is 9.39. The Hall–Kier alpha value is -1.25. The van der Waals surface area contributed by atoms with E-state index in [0.29, 0.717) is 11.5 Å².